The molecule has 0 atom stereocenters. The highest BCUT2D eigenvalue weighted by molar-refractivity contribution is 7.99. The van der Waals surface area contributed by atoms with Crippen LogP contribution in [0.25, 0.3) is 5.69 Å². The Labute approximate surface area is 152 Å². The third-order valence-electron chi connectivity index (χ3n) is 4.61. The minimum atomic E-state index is -0.666. The van der Waals surface area contributed by atoms with Crippen molar-refractivity contribution < 1.29 is 4.79 Å². The molecule has 1 aliphatic carbocycles. The van der Waals surface area contributed by atoms with Crippen LogP contribution in [0.15, 0.2) is 35.7 Å². The number of benzene rings is 1. The van der Waals surface area contributed by atoms with Crippen molar-refractivity contribution in [1.29, 1.82) is 5.26 Å². The molecule has 1 amide bonds. The first-order valence-electron chi connectivity index (χ1n) is 8.49. The van der Waals surface area contributed by atoms with Gasteiger partial charge in [-0.15, -0.1) is 0 Å². The zero-order chi connectivity index (χ0) is 17.9. The van der Waals surface area contributed by atoms with Crippen molar-refractivity contribution in [3.05, 3.63) is 41.7 Å². The van der Waals surface area contributed by atoms with Crippen molar-refractivity contribution in [3.8, 4) is 11.8 Å². The summed E-state index contributed by atoms with van der Waals surface area (Å²) in [4.78, 5) is 16.7. The topological polar surface area (TPSA) is 70.7 Å². The van der Waals surface area contributed by atoms with Crippen LogP contribution in [0.5, 0.6) is 0 Å². The van der Waals surface area contributed by atoms with Gasteiger partial charge < -0.3 is 5.32 Å². The van der Waals surface area contributed by atoms with Crippen LogP contribution in [0.1, 0.15) is 36.8 Å². The van der Waals surface area contributed by atoms with Crippen molar-refractivity contribution in [2.24, 2.45) is 0 Å². The van der Waals surface area contributed by atoms with Gasteiger partial charge in [0.25, 0.3) is 0 Å². The maximum Gasteiger partial charge on any atom is 0.231 e. The van der Waals surface area contributed by atoms with E-state index in [1.165, 1.54) is 17.3 Å². The van der Waals surface area contributed by atoms with E-state index in [0.717, 1.165) is 42.1 Å². The van der Waals surface area contributed by atoms with Crippen LogP contribution in [-0.2, 0) is 4.79 Å². The van der Waals surface area contributed by atoms with Gasteiger partial charge in [-0.05, 0) is 56.7 Å². The average molecular weight is 354 g/mol. The van der Waals surface area contributed by atoms with E-state index in [-0.39, 0.29) is 11.7 Å². The van der Waals surface area contributed by atoms with Crippen LogP contribution in [0.3, 0.4) is 0 Å². The van der Waals surface area contributed by atoms with E-state index < -0.39 is 5.54 Å². The lowest BCUT2D eigenvalue weighted by Crippen LogP contribution is -2.45. The predicted molar refractivity (Wildman–Crippen MR) is 98.7 cm³/mol. The maximum atomic E-state index is 12.3. The van der Waals surface area contributed by atoms with Gasteiger partial charge in [0.15, 0.2) is 5.16 Å². The Morgan fingerprint density at radius 1 is 1.40 bits per heavy atom. The second-order valence-electron chi connectivity index (χ2n) is 6.61. The number of thioether (sulfide) groups is 1. The minimum Gasteiger partial charge on any atom is -0.337 e. The van der Waals surface area contributed by atoms with Crippen molar-refractivity contribution >= 4 is 17.7 Å². The molecule has 5 nitrogen and oxygen atoms in total. The Balaban J connectivity index is 1.69. The van der Waals surface area contributed by atoms with Crippen LogP contribution in [0.2, 0.25) is 0 Å². The third-order valence-corrected chi connectivity index (χ3v) is 5.58. The molecule has 6 heteroatoms. The fourth-order valence-electron chi connectivity index (χ4n) is 3.24. The predicted octanol–water partition coefficient (Wildman–Crippen LogP) is 3.53. The summed E-state index contributed by atoms with van der Waals surface area (Å²) in [5.74, 6) is 0.148. The summed E-state index contributed by atoms with van der Waals surface area (Å²) in [6.07, 6.45) is 7.15. The Kier molecular flexibility index (Phi) is 5.14. The molecule has 1 fully saturated rings. The molecule has 25 heavy (non-hydrogen) atoms. The standard InChI is InChI=1S/C19H22N4OS/c1-14-5-6-15(2)16(11-14)23-10-9-21-18(23)25-12-17(24)22-19(13-20)7-3-4-8-19/h5-6,9-11H,3-4,7-8,12H2,1-2H3,(H,22,24). The van der Waals surface area contributed by atoms with Crippen molar-refractivity contribution in [3.63, 3.8) is 0 Å². The van der Waals surface area contributed by atoms with Crippen molar-refractivity contribution in [2.75, 3.05) is 5.75 Å². The van der Waals surface area contributed by atoms with Crippen molar-refractivity contribution in [1.82, 2.24) is 14.9 Å². The number of hydrogen-bond acceptors (Lipinski definition) is 4. The number of carbonyl (C=O) groups is 1. The van der Waals surface area contributed by atoms with Gasteiger partial charge in [0.2, 0.25) is 5.91 Å². The second kappa shape index (κ2) is 7.32. The molecule has 0 aliphatic heterocycles. The van der Waals surface area contributed by atoms with Gasteiger partial charge >= 0.3 is 0 Å². The van der Waals surface area contributed by atoms with E-state index in [4.69, 9.17) is 0 Å². The molecule has 0 saturated heterocycles. The smallest absolute Gasteiger partial charge is 0.231 e. The number of aryl methyl sites for hydroxylation is 2. The molecule has 1 aliphatic rings. The number of imidazole rings is 1. The SMILES string of the molecule is Cc1ccc(C)c(-n2ccnc2SCC(=O)NC2(C#N)CCCC2)c1. The van der Waals surface area contributed by atoms with Crippen LogP contribution >= 0.6 is 11.8 Å². The highest BCUT2D eigenvalue weighted by Crippen LogP contribution is 2.29. The number of rotatable bonds is 5. The summed E-state index contributed by atoms with van der Waals surface area (Å²) in [5.41, 5.74) is 2.74. The van der Waals surface area contributed by atoms with Gasteiger partial charge in [-0.3, -0.25) is 9.36 Å². The van der Waals surface area contributed by atoms with Crippen LogP contribution < -0.4 is 5.32 Å². The summed E-state index contributed by atoms with van der Waals surface area (Å²) in [5, 5.41) is 13.1. The Bertz CT molecular complexity index is 815. The largest absolute Gasteiger partial charge is 0.337 e. The maximum absolute atomic E-state index is 12.3. The fraction of sp³-hybridized carbons (Fsp3) is 0.421. The second-order valence-corrected chi connectivity index (χ2v) is 7.55. The van der Waals surface area contributed by atoms with E-state index in [0.29, 0.717) is 0 Å². The minimum absolute atomic E-state index is 0.107. The molecule has 130 valence electrons. The van der Waals surface area contributed by atoms with Gasteiger partial charge in [0.1, 0.15) is 5.54 Å². The van der Waals surface area contributed by atoms with Crippen LogP contribution in [0.4, 0.5) is 0 Å². The summed E-state index contributed by atoms with van der Waals surface area (Å²) in [7, 11) is 0. The molecular weight excluding hydrogens is 332 g/mol. The zero-order valence-electron chi connectivity index (χ0n) is 14.6. The third kappa shape index (κ3) is 3.88. The Morgan fingerprint density at radius 2 is 2.16 bits per heavy atom. The molecule has 1 aromatic heterocycles. The highest BCUT2D eigenvalue weighted by Gasteiger charge is 2.35. The molecule has 0 radical (unpaired) electrons. The van der Waals surface area contributed by atoms with Gasteiger partial charge in [0, 0.05) is 12.4 Å². The molecule has 1 aromatic carbocycles. The van der Waals surface area contributed by atoms with Gasteiger partial charge in [-0.2, -0.15) is 5.26 Å². The molecule has 0 unspecified atom stereocenters. The Hall–Kier alpha value is -2.26. The first-order chi connectivity index (χ1) is 12.0. The molecular formula is C19H22N4OS. The molecule has 3 rings (SSSR count). The average Bonchev–Trinajstić information content (AvgIpc) is 3.25. The highest BCUT2D eigenvalue weighted by atomic mass is 32.2. The summed E-state index contributed by atoms with van der Waals surface area (Å²) >= 11 is 1.39. The van der Waals surface area contributed by atoms with Gasteiger partial charge in [-0.25, -0.2) is 4.98 Å². The molecule has 1 N–H and O–H groups in total. The summed E-state index contributed by atoms with van der Waals surface area (Å²) < 4.78 is 2.01. The zero-order valence-corrected chi connectivity index (χ0v) is 15.4. The quantitative estimate of drug-likeness (QED) is 0.834. The monoisotopic (exact) mass is 354 g/mol. The summed E-state index contributed by atoms with van der Waals surface area (Å²) in [6, 6.07) is 8.57. The number of aromatic nitrogens is 2. The number of carbonyl (C=O) groups excluding carboxylic acids is 1. The normalized spacial score (nSPS) is 15.7. The number of nitrogens with zero attached hydrogens (tertiary/aromatic N) is 3. The lowest BCUT2D eigenvalue weighted by Gasteiger charge is -2.21. The van der Waals surface area contributed by atoms with E-state index in [2.05, 4.69) is 48.4 Å². The van der Waals surface area contributed by atoms with Crippen LogP contribution in [-0.4, -0.2) is 26.8 Å². The van der Waals surface area contributed by atoms with Crippen LogP contribution in [0, 0.1) is 25.2 Å². The first-order valence-corrected chi connectivity index (χ1v) is 9.48. The van der Waals surface area contributed by atoms with E-state index in [1.807, 2.05) is 10.8 Å². The number of amides is 1. The van der Waals surface area contributed by atoms with E-state index in [9.17, 15) is 10.1 Å². The molecule has 2 aromatic rings. The lowest BCUT2D eigenvalue weighted by molar-refractivity contribution is -0.119. The lowest BCUT2D eigenvalue weighted by atomic mass is 10.0. The fourth-order valence-corrected chi connectivity index (χ4v) is 4.00. The first kappa shape index (κ1) is 17.6. The van der Waals surface area contributed by atoms with Crippen molar-refractivity contribution in [2.45, 2.75) is 50.2 Å². The van der Waals surface area contributed by atoms with E-state index in [1.54, 1.807) is 6.20 Å². The molecule has 1 heterocycles. The Morgan fingerprint density at radius 3 is 2.88 bits per heavy atom. The summed E-state index contributed by atoms with van der Waals surface area (Å²) in [6.45, 7) is 4.12. The number of hydrogen-bond donors (Lipinski definition) is 1. The number of nitriles is 1. The molecule has 0 bridgehead atoms. The molecule has 0 spiro atoms. The van der Waals surface area contributed by atoms with E-state index >= 15 is 0 Å². The van der Waals surface area contributed by atoms with Gasteiger partial charge in [-0.1, -0.05) is 23.9 Å². The molecule has 1 saturated carbocycles. The van der Waals surface area contributed by atoms with Gasteiger partial charge in [0.05, 0.1) is 17.5 Å². The number of nitrogens with one attached hydrogen (secondary N) is 1.